The number of nitro groups is 1. The summed E-state index contributed by atoms with van der Waals surface area (Å²) in [6, 6.07) is 8.76. The van der Waals surface area contributed by atoms with Crippen LogP contribution in [0.3, 0.4) is 0 Å². The Morgan fingerprint density at radius 3 is 2.30 bits per heavy atom. The van der Waals surface area contributed by atoms with Crippen molar-refractivity contribution in [3.8, 4) is 0 Å². The Morgan fingerprint density at radius 2 is 1.70 bits per heavy atom. The zero-order valence-corrected chi connectivity index (χ0v) is 10.6. The number of nitro benzene ring substituents is 1. The first-order valence-corrected chi connectivity index (χ1v) is 5.80. The minimum absolute atomic E-state index is 0.0122. The van der Waals surface area contributed by atoms with Crippen LogP contribution in [0.2, 0.25) is 0 Å². The molecule has 0 fully saturated rings. The molecule has 0 atom stereocenters. The highest BCUT2D eigenvalue weighted by Gasteiger charge is 2.17. The van der Waals surface area contributed by atoms with Gasteiger partial charge in [0.15, 0.2) is 11.6 Å². The molecule has 0 saturated carbocycles. The zero-order valence-electron chi connectivity index (χ0n) is 9.89. The molecule has 0 saturated heterocycles. The first kappa shape index (κ1) is 14.1. The van der Waals surface area contributed by atoms with Gasteiger partial charge in [-0.2, -0.15) is 0 Å². The Kier molecular flexibility index (Phi) is 4.05. The van der Waals surface area contributed by atoms with Gasteiger partial charge in [0.05, 0.1) is 10.5 Å². The lowest BCUT2D eigenvalue weighted by atomic mass is 10.2. The second-order valence-corrected chi connectivity index (χ2v) is 4.11. The molecule has 4 nitrogen and oxygen atoms in total. The van der Waals surface area contributed by atoms with Gasteiger partial charge in [0.1, 0.15) is 10.9 Å². The lowest BCUT2D eigenvalue weighted by molar-refractivity contribution is -0.385. The molecule has 0 radical (unpaired) electrons. The Bertz CT molecular complexity index is 684. The summed E-state index contributed by atoms with van der Waals surface area (Å²) in [5.41, 5.74) is -0.893. The normalized spacial score (nSPS) is 11.4. The van der Waals surface area contributed by atoms with Gasteiger partial charge in [-0.15, -0.1) is 0 Å². The molecule has 0 aliphatic heterocycles. The van der Waals surface area contributed by atoms with E-state index in [9.17, 15) is 18.9 Å². The van der Waals surface area contributed by atoms with Crippen LogP contribution in [0.5, 0.6) is 0 Å². The van der Waals surface area contributed by atoms with Gasteiger partial charge in [-0.05, 0) is 18.2 Å². The van der Waals surface area contributed by atoms with Crippen molar-refractivity contribution in [2.24, 2.45) is 4.99 Å². The highest BCUT2D eigenvalue weighted by atomic mass is 35.5. The molecule has 0 aliphatic carbocycles. The third-order valence-electron chi connectivity index (χ3n) is 2.47. The standard InChI is InChI=1S/C13H7ClF2N2O2/c14-13(8-4-1-2-7-11(8)18(19)20)17-12-9(15)5-3-6-10(12)16/h1-7H. The summed E-state index contributed by atoms with van der Waals surface area (Å²) >= 11 is 5.85. The maximum atomic E-state index is 13.4. The minimum atomic E-state index is -0.901. The molecule has 7 heteroatoms. The van der Waals surface area contributed by atoms with Crippen LogP contribution in [-0.2, 0) is 0 Å². The van der Waals surface area contributed by atoms with Crippen molar-refractivity contribution in [2.45, 2.75) is 0 Å². The van der Waals surface area contributed by atoms with E-state index in [-0.39, 0.29) is 16.4 Å². The summed E-state index contributed by atoms with van der Waals surface area (Å²) in [6.07, 6.45) is 0. The van der Waals surface area contributed by atoms with Crippen LogP contribution in [0, 0.1) is 21.7 Å². The van der Waals surface area contributed by atoms with Crippen LogP contribution >= 0.6 is 11.6 Å². The number of halogens is 3. The van der Waals surface area contributed by atoms with E-state index >= 15 is 0 Å². The van der Waals surface area contributed by atoms with E-state index in [0.29, 0.717) is 0 Å². The first-order valence-electron chi connectivity index (χ1n) is 5.42. The van der Waals surface area contributed by atoms with Crippen LogP contribution in [0.15, 0.2) is 47.5 Å². The molecule has 0 aromatic heterocycles. The summed E-state index contributed by atoms with van der Waals surface area (Å²) in [5.74, 6) is -1.80. The van der Waals surface area contributed by atoms with Crippen molar-refractivity contribution < 1.29 is 13.7 Å². The van der Waals surface area contributed by atoms with Crippen molar-refractivity contribution in [2.75, 3.05) is 0 Å². The van der Waals surface area contributed by atoms with E-state index in [4.69, 9.17) is 11.6 Å². The van der Waals surface area contributed by atoms with Gasteiger partial charge in [0, 0.05) is 6.07 Å². The summed E-state index contributed by atoms with van der Waals surface area (Å²) in [7, 11) is 0. The van der Waals surface area contributed by atoms with Crippen molar-refractivity contribution in [3.05, 3.63) is 69.8 Å². The van der Waals surface area contributed by atoms with Gasteiger partial charge in [0.25, 0.3) is 5.69 Å². The third kappa shape index (κ3) is 2.80. The van der Waals surface area contributed by atoms with E-state index in [1.54, 1.807) is 0 Å². The molecule has 0 amide bonds. The zero-order chi connectivity index (χ0) is 14.7. The molecule has 2 aromatic rings. The van der Waals surface area contributed by atoms with Gasteiger partial charge < -0.3 is 0 Å². The predicted octanol–water partition coefficient (Wildman–Crippen LogP) is 4.19. The van der Waals surface area contributed by atoms with Gasteiger partial charge in [-0.25, -0.2) is 13.8 Å². The largest absolute Gasteiger partial charge is 0.279 e. The number of nitrogens with zero attached hydrogens (tertiary/aromatic N) is 2. The molecule has 102 valence electrons. The molecule has 0 unspecified atom stereocenters. The van der Waals surface area contributed by atoms with Crippen molar-refractivity contribution in [1.29, 1.82) is 0 Å². The molecule has 0 heterocycles. The van der Waals surface area contributed by atoms with E-state index in [0.717, 1.165) is 12.1 Å². The smallest absolute Gasteiger partial charge is 0.258 e. The average molecular weight is 297 g/mol. The molecule has 2 rings (SSSR count). The van der Waals surface area contributed by atoms with E-state index in [1.807, 2.05) is 0 Å². The van der Waals surface area contributed by atoms with Crippen LogP contribution in [0.25, 0.3) is 0 Å². The van der Waals surface area contributed by atoms with E-state index in [1.165, 1.54) is 30.3 Å². The first-order chi connectivity index (χ1) is 9.50. The number of hydrogen-bond donors (Lipinski definition) is 0. The Hall–Kier alpha value is -2.34. The Balaban J connectivity index is 2.54. The maximum Gasteiger partial charge on any atom is 0.279 e. The van der Waals surface area contributed by atoms with Crippen LogP contribution in [0.1, 0.15) is 5.56 Å². The van der Waals surface area contributed by atoms with E-state index in [2.05, 4.69) is 4.99 Å². The second kappa shape index (κ2) is 5.75. The predicted molar refractivity (Wildman–Crippen MR) is 71.5 cm³/mol. The number of aliphatic imine (C=N–C) groups is 1. The molecule has 0 N–H and O–H groups in total. The molecule has 2 aromatic carbocycles. The lowest BCUT2D eigenvalue weighted by Gasteiger charge is -2.02. The van der Waals surface area contributed by atoms with Gasteiger partial charge in [0.2, 0.25) is 0 Å². The number of hydrogen-bond acceptors (Lipinski definition) is 3. The van der Waals surface area contributed by atoms with Crippen molar-refractivity contribution >= 4 is 28.1 Å². The van der Waals surface area contributed by atoms with Crippen LogP contribution in [-0.4, -0.2) is 10.1 Å². The number of para-hydroxylation sites is 2. The summed E-state index contributed by atoms with van der Waals surface area (Å²) < 4.78 is 26.9. The average Bonchev–Trinajstić information content (AvgIpc) is 2.43. The Labute approximate surface area is 117 Å². The van der Waals surface area contributed by atoms with Gasteiger partial charge in [-0.1, -0.05) is 29.8 Å². The quantitative estimate of drug-likeness (QED) is 0.484. The fraction of sp³-hybridized carbons (Fsp3) is 0. The number of benzene rings is 2. The number of rotatable bonds is 3. The maximum absolute atomic E-state index is 13.4. The topological polar surface area (TPSA) is 55.5 Å². The van der Waals surface area contributed by atoms with Crippen molar-refractivity contribution in [3.63, 3.8) is 0 Å². The third-order valence-corrected chi connectivity index (χ3v) is 2.76. The second-order valence-electron chi connectivity index (χ2n) is 3.75. The molecule has 0 aliphatic rings. The summed E-state index contributed by atoms with van der Waals surface area (Å²) in [5, 5.41) is 10.5. The monoisotopic (exact) mass is 296 g/mol. The Morgan fingerprint density at radius 1 is 1.10 bits per heavy atom. The molecular weight excluding hydrogens is 290 g/mol. The highest BCUT2D eigenvalue weighted by Crippen LogP contribution is 2.26. The molecular formula is C13H7ClF2N2O2. The summed E-state index contributed by atoms with van der Waals surface area (Å²) in [6.45, 7) is 0. The highest BCUT2D eigenvalue weighted by molar-refractivity contribution is 6.70. The van der Waals surface area contributed by atoms with Crippen LogP contribution in [0.4, 0.5) is 20.2 Å². The fourth-order valence-corrected chi connectivity index (χ4v) is 1.81. The molecule has 20 heavy (non-hydrogen) atoms. The molecule has 0 spiro atoms. The van der Waals surface area contributed by atoms with Gasteiger partial charge >= 0.3 is 0 Å². The SMILES string of the molecule is O=[N+]([O-])c1ccccc1C(Cl)=Nc1c(F)cccc1F. The lowest BCUT2D eigenvalue weighted by Crippen LogP contribution is -1.99. The van der Waals surface area contributed by atoms with Crippen molar-refractivity contribution in [1.82, 2.24) is 0 Å². The van der Waals surface area contributed by atoms with Crippen LogP contribution < -0.4 is 0 Å². The van der Waals surface area contributed by atoms with E-state index < -0.39 is 22.2 Å². The fourth-order valence-electron chi connectivity index (χ4n) is 1.56. The van der Waals surface area contributed by atoms with Gasteiger partial charge in [-0.3, -0.25) is 10.1 Å². The molecule has 0 bridgehead atoms. The summed E-state index contributed by atoms with van der Waals surface area (Å²) in [4.78, 5) is 13.8. The minimum Gasteiger partial charge on any atom is -0.258 e.